The molecule has 9 nitrogen and oxygen atoms in total. The van der Waals surface area contributed by atoms with Crippen molar-refractivity contribution in [3.63, 3.8) is 0 Å². The van der Waals surface area contributed by atoms with Gasteiger partial charge in [-0.05, 0) is 26.0 Å². The normalized spacial score (nSPS) is 29.6. The highest BCUT2D eigenvalue weighted by Crippen LogP contribution is 2.46. The maximum absolute atomic E-state index is 11.8. The molecule has 1 aliphatic heterocycles. The van der Waals surface area contributed by atoms with Crippen molar-refractivity contribution in [2.45, 2.75) is 31.5 Å². The number of rotatable bonds is 2. The van der Waals surface area contributed by atoms with Crippen LogP contribution in [-0.4, -0.2) is 36.4 Å². The monoisotopic (exact) mass is 318 g/mol. The summed E-state index contributed by atoms with van der Waals surface area (Å²) in [7, 11) is -4.52. The van der Waals surface area contributed by atoms with Gasteiger partial charge in [0.25, 0.3) is 5.56 Å². The number of ether oxygens (including phenoxy) is 1. The first-order chi connectivity index (χ1) is 9.55. The summed E-state index contributed by atoms with van der Waals surface area (Å²) in [4.78, 5) is 43.4. The van der Waals surface area contributed by atoms with Gasteiger partial charge in [-0.25, -0.2) is 4.79 Å². The van der Waals surface area contributed by atoms with Gasteiger partial charge in [0.05, 0.1) is 0 Å². The van der Waals surface area contributed by atoms with Crippen LogP contribution in [0.2, 0.25) is 0 Å². The van der Waals surface area contributed by atoms with E-state index in [0.717, 1.165) is 22.9 Å². The second kappa shape index (κ2) is 5.04. The summed E-state index contributed by atoms with van der Waals surface area (Å²) in [5.74, 6) is -1.49. The molecule has 0 unspecified atom stereocenters. The molecule has 0 aromatic carbocycles. The molecule has 0 saturated carbocycles. The fourth-order valence-corrected chi connectivity index (χ4v) is 2.67. The van der Waals surface area contributed by atoms with Gasteiger partial charge in [0.2, 0.25) is 0 Å². The van der Waals surface area contributed by atoms with Gasteiger partial charge in [-0.15, -0.1) is 0 Å². The first-order valence-corrected chi connectivity index (χ1v) is 7.69. The lowest BCUT2D eigenvalue weighted by atomic mass is 10.0. The third-order valence-electron chi connectivity index (χ3n) is 3.29. The van der Waals surface area contributed by atoms with Crippen molar-refractivity contribution in [1.82, 2.24) is 9.55 Å². The molecule has 1 aromatic heterocycles. The van der Waals surface area contributed by atoms with Crippen LogP contribution in [0.1, 0.15) is 12.5 Å². The standard InChI is InChI=1S/C11H15N2O7P/c1-6-5-13(10(15)12-9(6)14)11(16)4-3-8(20-7(11)2)21(17,18)19/h3-5,7-8,16H,1-2H3,(H,12,14,15)(H2,17,18,19)/t7-,8+,11-/m0/s1. The van der Waals surface area contributed by atoms with Gasteiger partial charge in [0.1, 0.15) is 6.10 Å². The van der Waals surface area contributed by atoms with Crippen LogP contribution in [0.5, 0.6) is 0 Å². The summed E-state index contributed by atoms with van der Waals surface area (Å²) in [6, 6.07) is 0. The molecule has 3 atom stereocenters. The van der Waals surface area contributed by atoms with Crippen LogP contribution in [0, 0.1) is 6.92 Å². The lowest BCUT2D eigenvalue weighted by Crippen LogP contribution is -2.52. The van der Waals surface area contributed by atoms with Gasteiger partial charge in [-0.2, -0.15) is 0 Å². The predicted molar refractivity (Wildman–Crippen MR) is 71.8 cm³/mol. The molecule has 0 fully saturated rings. The van der Waals surface area contributed by atoms with E-state index in [-0.39, 0.29) is 5.56 Å². The summed E-state index contributed by atoms with van der Waals surface area (Å²) in [6.45, 7) is 2.81. The first-order valence-electron chi connectivity index (χ1n) is 6.01. The SMILES string of the molecule is Cc1cn([C@]2(O)C=C[C@@H](P(=O)(O)O)O[C@H]2C)c(=O)[nH]c1=O. The van der Waals surface area contributed by atoms with Crippen molar-refractivity contribution < 1.29 is 24.2 Å². The molecule has 0 saturated heterocycles. The molecular weight excluding hydrogens is 303 g/mol. The topological polar surface area (TPSA) is 142 Å². The van der Waals surface area contributed by atoms with Crippen LogP contribution in [0.25, 0.3) is 0 Å². The van der Waals surface area contributed by atoms with Crippen molar-refractivity contribution in [3.8, 4) is 0 Å². The third kappa shape index (κ3) is 2.78. The van der Waals surface area contributed by atoms with Crippen molar-refractivity contribution in [1.29, 1.82) is 0 Å². The Hall–Kier alpha value is -1.51. The number of hydrogen-bond donors (Lipinski definition) is 4. The molecule has 0 aliphatic carbocycles. The third-order valence-corrected chi connectivity index (χ3v) is 4.24. The second-order valence-electron chi connectivity index (χ2n) is 4.84. The van der Waals surface area contributed by atoms with Crippen molar-refractivity contribution in [2.24, 2.45) is 0 Å². The minimum Gasteiger partial charge on any atom is -0.365 e. The van der Waals surface area contributed by atoms with E-state index in [1.807, 2.05) is 4.98 Å². The van der Waals surface area contributed by atoms with E-state index in [4.69, 9.17) is 14.5 Å². The van der Waals surface area contributed by atoms with Gasteiger partial charge in [0, 0.05) is 11.8 Å². The number of hydrogen-bond acceptors (Lipinski definition) is 5. The van der Waals surface area contributed by atoms with E-state index in [9.17, 15) is 19.3 Å². The van der Waals surface area contributed by atoms with Gasteiger partial charge in [-0.1, -0.05) is 0 Å². The highest BCUT2D eigenvalue weighted by molar-refractivity contribution is 7.52. The highest BCUT2D eigenvalue weighted by Gasteiger charge is 2.43. The molecule has 1 aromatic rings. The molecule has 21 heavy (non-hydrogen) atoms. The molecule has 10 heteroatoms. The van der Waals surface area contributed by atoms with Gasteiger partial charge in [0.15, 0.2) is 11.6 Å². The van der Waals surface area contributed by atoms with Crippen LogP contribution in [0.15, 0.2) is 27.9 Å². The predicted octanol–water partition coefficient (Wildman–Crippen LogP) is -1.03. The number of nitrogens with one attached hydrogen (secondary N) is 1. The average Bonchev–Trinajstić information content (AvgIpc) is 2.36. The van der Waals surface area contributed by atoms with E-state index < -0.39 is 36.5 Å². The van der Waals surface area contributed by atoms with Gasteiger partial charge in [-0.3, -0.25) is 18.9 Å². The van der Waals surface area contributed by atoms with Crippen LogP contribution < -0.4 is 11.2 Å². The molecule has 1 aliphatic rings. The Bertz CT molecular complexity index is 746. The van der Waals surface area contributed by atoms with Crippen LogP contribution in [0.3, 0.4) is 0 Å². The summed E-state index contributed by atoms with van der Waals surface area (Å²) in [6.07, 6.45) is 2.10. The molecule has 2 heterocycles. The molecule has 0 spiro atoms. The van der Waals surface area contributed by atoms with Gasteiger partial charge < -0.3 is 19.6 Å². The molecule has 4 N–H and O–H groups in total. The quantitative estimate of drug-likeness (QED) is 0.403. The fraction of sp³-hybridized carbons (Fsp3) is 0.455. The largest absolute Gasteiger partial charge is 0.365 e. The maximum atomic E-state index is 11.8. The maximum Gasteiger partial charge on any atom is 0.357 e. The summed E-state index contributed by atoms with van der Waals surface area (Å²) in [5.41, 5.74) is -3.21. The zero-order chi connectivity index (χ0) is 16.0. The Morgan fingerprint density at radius 1 is 1.43 bits per heavy atom. The van der Waals surface area contributed by atoms with E-state index in [1.54, 1.807) is 0 Å². The fourth-order valence-electron chi connectivity index (χ4n) is 2.01. The Kier molecular flexibility index (Phi) is 3.81. The van der Waals surface area contributed by atoms with E-state index in [0.29, 0.717) is 0 Å². The lowest BCUT2D eigenvalue weighted by Gasteiger charge is -2.38. The minimum absolute atomic E-state index is 0.195. The summed E-state index contributed by atoms with van der Waals surface area (Å²) in [5, 5.41) is 10.6. The molecule has 0 bridgehead atoms. The Morgan fingerprint density at radius 2 is 2.05 bits per heavy atom. The van der Waals surface area contributed by atoms with Crippen molar-refractivity contribution >= 4 is 7.60 Å². The number of H-pyrrole nitrogens is 1. The van der Waals surface area contributed by atoms with Crippen LogP contribution >= 0.6 is 7.60 Å². The van der Waals surface area contributed by atoms with E-state index in [1.165, 1.54) is 13.8 Å². The lowest BCUT2D eigenvalue weighted by molar-refractivity contribution is -0.136. The van der Waals surface area contributed by atoms with Crippen molar-refractivity contribution in [3.05, 3.63) is 44.8 Å². The van der Waals surface area contributed by atoms with Gasteiger partial charge >= 0.3 is 13.3 Å². The number of aromatic amines is 1. The smallest absolute Gasteiger partial charge is 0.357 e. The van der Waals surface area contributed by atoms with E-state index in [2.05, 4.69) is 0 Å². The first kappa shape index (κ1) is 15.9. The Balaban J connectivity index is 2.54. The molecular formula is C11H15N2O7P. The van der Waals surface area contributed by atoms with Crippen LogP contribution in [-0.2, 0) is 15.0 Å². The number of aliphatic hydroxyl groups is 1. The number of aryl methyl sites for hydroxylation is 1. The Labute approximate surface area is 118 Å². The number of nitrogens with zero attached hydrogens (tertiary/aromatic N) is 1. The molecule has 2 rings (SSSR count). The molecule has 116 valence electrons. The molecule has 0 amide bonds. The molecule has 0 radical (unpaired) electrons. The van der Waals surface area contributed by atoms with Crippen LogP contribution in [0.4, 0.5) is 0 Å². The Morgan fingerprint density at radius 3 is 2.57 bits per heavy atom. The summed E-state index contributed by atoms with van der Waals surface area (Å²) < 4.78 is 17.1. The van der Waals surface area contributed by atoms with E-state index >= 15 is 0 Å². The minimum atomic E-state index is -4.52. The second-order valence-corrected chi connectivity index (χ2v) is 6.53. The van der Waals surface area contributed by atoms with Crippen molar-refractivity contribution in [2.75, 3.05) is 0 Å². The zero-order valence-electron chi connectivity index (χ0n) is 11.3. The number of aromatic nitrogens is 2. The summed E-state index contributed by atoms with van der Waals surface area (Å²) >= 11 is 0. The highest BCUT2D eigenvalue weighted by atomic mass is 31.2. The zero-order valence-corrected chi connectivity index (χ0v) is 12.2. The average molecular weight is 318 g/mol.